The largest absolute Gasteiger partial charge is 0.490 e. The van der Waals surface area contributed by atoms with Crippen molar-refractivity contribution in [1.82, 2.24) is 9.55 Å². The standard InChI is InChI=1S/C9H16N3O12P3.3C2H6.CH4O/c10-7-3-4-12(9(13)11-7)8-2-1-6(22-8)5-21-26(17,18)24-27(19,20)23-25(14,15)16;4*1-2/h3-4,6,8H,1-2,5H2,(H,17,18)(H,19,20)(H2,10,11,13)(H2,14,15,16);3*1-2H3;2H,1H3/t6-,8?;;;;/m0..../s1. The minimum absolute atomic E-state index is 0.0263. The number of nitrogens with zero attached hydrogens (tertiary/aromatic N) is 2. The lowest BCUT2D eigenvalue weighted by Crippen LogP contribution is -2.27. The first-order valence-corrected chi connectivity index (χ1v) is 15.0. The van der Waals surface area contributed by atoms with Crippen molar-refractivity contribution in [1.29, 1.82) is 0 Å². The number of phosphoric acid groups is 3. The summed E-state index contributed by atoms with van der Waals surface area (Å²) in [6.45, 7) is 11.4. The van der Waals surface area contributed by atoms with Crippen LogP contribution in [0, 0.1) is 0 Å². The fourth-order valence-electron chi connectivity index (χ4n) is 2.14. The van der Waals surface area contributed by atoms with Crippen LogP contribution in [-0.4, -0.2) is 54.1 Å². The molecule has 35 heavy (non-hydrogen) atoms. The molecule has 210 valence electrons. The summed E-state index contributed by atoms with van der Waals surface area (Å²) < 4.78 is 51.6. The molecule has 0 radical (unpaired) electrons. The van der Waals surface area contributed by atoms with E-state index >= 15 is 0 Å². The number of nitrogens with two attached hydrogens (primary N) is 1. The van der Waals surface area contributed by atoms with Crippen molar-refractivity contribution in [2.45, 2.75) is 66.7 Å². The zero-order valence-electron chi connectivity index (χ0n) is 20.7. The van der Waals surface area contributed by atoms with Crippen LogP contribution in [0.4, 0.5) is 5.82 Å². The van der Waals surface area contributed by atoms with Crippen molar-refractivity contribution in [3.63, 3.8) is 0 Å². The molecule has 4 atom stereocenters. The fraction of sp³-hybridized carbons (Fsp3) is 0.750. The van der Waals surface area contributed by atoms with Gasteiger partial charge in [0.05, 0.1) is 12.7 Å². The van der Waals surface area contributed by atoms with Gasteiger partial charge in [0.2, 0.25) is 0 Å². The van der Waals surface area contributed by atoms with Crippen LogP contribution in [0.2, 0.25) is 0 Å². The third-order valence-corrected chi connectivity index (χ3v) is 6.89. The number of phosphoric ester groups is 1. The van der Waals surface area contributed by atoms with E-state index < -0.39 is 48.1 Å². The lowest BCUT2D eigenvalue weighted by Gasteiger charge is -2.18. The maximum absolute atomic E-state index is 11.7. The van der Waals surface area contributed by atoms with E-state index in [0.29, 0.717) is 6.42 Å². The van der Waals surface area contributed by atoms with Gasteiger partial charge in [0.25, 0.3) is 0 Å². The number of aliphatic hydroxyl groups is 1. The van der Waals surface area contributed by atoms with E-state index in [2.05, 4.69) is 18.1 Å². The number of nitrogen functional groups attached to an aromatic ring is 1. The summed E-state index contributed by atoms with van der Waals surface area (Å²) in [7, 11) is -15.3. The molecule has 0 saturated carbocycles. The van der Waals surface area contributed by atoms with Gasteiger partial charge < -0.3 is 35.2 Å². The van der Waals surface area contributed by atoms with E-state index in [9.17, 15) is 23.4 Å². The zero-order valence-corrected chi connectivity index (χ0v) is 23.4. The molecule has 0 bridgehead atoms. The highest BCUT2D eigenvalue weighted by Crippen LogP contribution is 2.66. The Labute approximate surface area is 204 Å². The van der Waals surface area contributed by atoms with Gasteiger partial charge in [-0.2, -0.15) is 13.6 Å². The molecular formula is C16H38N3O13P3. The molecule has 3 unspecified atom stereocenters. The Morgan fingerprint density at radius 2 is 1.51 bits per heavy atom. The Morgan fingerprint density at radius 3 is 1.97 bits per heavy atom. The van der Waals surface area contributed by atoms with E-state index in [1.165, 1.54) is 12.3 Å². The molecule has 1 saturated heterocycles. The van der Waals surface area contributed by atoms with E-state index in [1.807, 2.05) is 41.5 Å². The molecule has 0 aromatic carbocycles. The van der Waals surface area contributed by atoms with Gasteiger partial charge in [0, 0.05) is 13.3 Å². The van der Waals surface area contributed by atoms with Crippen molar-refractivity contribution in [2.75, 3.05) is 19.5 Å². The van der Waals surface area contributed by atoms with Gasteiger partial charge in [-0.05, 0) is 18.9 Å². The summed E-state index contributed by atoms with van der Waals surface area (Å²) in [5.74, 6) is 0.0263. The summed E-state index contributed by atoms with van der Waals surface area (Å²) in [6, 6.07) is 1.38. The first-order chi connectivity index (χ1) is 16.3. The van der Waals surface area contributed by atoms with E-state index in [-0.39, 0.29) is 12.2 Å². The average molecular weight is 573 g/mol. The summed E-state index contributed by atoms with van der Waals surface area (Å²) in [5, 5.41) is 7.00. The van der Waals surface area contributed by atoms with Crippen molar-refractivity contribution in [3.8, 4) is 0 Å². The Bertz CT molecular complexity index is 893. The van der Waals surface area contributed by atoms with E-state index in [4.69, 9.17) is 30.3 Å². The van der Waals surface area contributed by atoms with Gasteiger partial charge in [-0.15, -0.1) is 0 Å². The third-order valence-electron chi connectivity index (χ3n) is 3.09. The van der Waals surface area contributed by atoms with Gasteiger partial charge in [0.15, 0.2) is 0 Å². The smallest absolute Gasteiger partial charge is 0.400 e. The fourth-order valence-corrected chi connectivity index (χ4v) is 5.19. The van der Waals surface area contributed by atoms with Gasteiger partial charge in [-0.25, -0.2) is 18.5 Å². The Kier molecular flexibility index (Phi) is 21.1. The predicted octanol–water partition coefficient (Wildman–Crippen LogP) is 2.53. The molecule has 16 nitrogen and oxygen atoms in total. The Hall–Kier alpha value is -0.990. The van der Waals surface area contributed by atoms with Crippen LogP contribution in [0.25, 0.3) is 0 Å². The quantitative estimate of drug-likeness (QED) is 0.244. The van der Waals surface area contributed by atoms with Crippen LogP contribution >= 0.6 is 23.5 Å². The van der Waals surface area contributed by atoms with Crippen molar-refractivity contribution < 1.29 is 56.3 Å². The third kappa shape index (κ3) is 17.2. The maximum Gasteiger partial charge on any atom is 0.490 e. The van der Waals surface area contributed by atoms with E-state index in [1.54, 1.807) is 0 Å². The number of anilines is 1. The minimum atomic E-state index is -5.58. The molecule has 7 N–H and O–H groups in total. The highest BCUT2D eigenvalue weighted by atomic mass is 31.3. The first-order valence-electron chi connectivity index (χ1n) is 10.5. The first kappa shape index (κ1) is 38.5. The summed E-state index contributed by atoms with van der Waals surface area (Å²) in [5.41, 5.74) is 4.72. The highest BCUT2D eigenvalue weighted by molar-refractivity contribution is 7.66. The molecule has 2 heterocycles. The number of hydrogen-bond acceptors (Lipinski definition) is 11. The molecule has 1 aromatic rings. The van der Waals surface area contributed by atoms with Crippen LogP contribution in [0.1, 0.15) is 60.6 Å². The molecule has 19 heteroatoms. The number of aliphatic hydroxyl groups excluding tert-OH is 1. The molecule has 1 fully saturated rings. The van der Waals surface area contributed by atoms with Crippen molar-refractivity contribution >= 4 is 29.3 Å². The second kappa shape index (κ2) is 19.2. The molecule has 1 aliphatic heterocycles. The Morgan fingerprint density at radius 1 is 1.00 bits per heavy atom. The number of rotatable bonds is 8. The molecule has 0 amide bonds. The summed E-state index contributed by atoms with van der Waals surface area (Å²) in [4.78, 5) is 50.6. The van der Waals surface area contributed by atoms with Gasteiger partial charge in [-0.3, -0.25) is 9.09 Å². The molecule has 0 aliphatic carbocycles. The maximum atomic E-state index is 11.7. The molecule has 2 rings (SSSR count). The SMILES string of the molecule is CC.CC.CC.CO.Nc1ccn(C2CC[C@@H](COP(=O)(O)OP(=O)(O)OP(=O)(O)O)O2)c(=O)n1. The number of hydrogen-bond donors (Lipinski definition) is 6. The molecule has 0 spiro atoms. The average Bonchev–Trinajstić information content (AvgIpc) is 3.24. The van der Waals surface area contributed by atoms with Crippen molar-refractivity contribution in [3.05, 3.63) is 22.7 Å². The monoisotopic (exact) mass is 573 g/mol. The van der Waals surface area contributed by atoms with Crippen molar-refractivity contribution in [2.24, 2.45) is 0 Å². The van der Waals surface area contributed by atoms with Crippen LogP contribution in [0.15, 0.2) is 17.1 Å². The normalized spacial score (nSPS) is 20.0. The molecule has 1 aromatic heterocycles. The number of aromatic nitrogens is 2. The van der Waals surface area contributed by atoms with Crippen LogP contribution < -0.4 is 11.4 Å². The highest BCUT2D eigenvalue weighted by Gasteiger charge is 2.41. The predicted molar refractivity (Wildman–Crippen MR) is 128 cm³/mol. The number of ether oxygens (including phenoxy) is 1. The van der Waals surface area contributed by atoms with E-state index in [0.717, 1.165) is 11.7 Å². The van der Waals surface area contributed by atoms with Crippen LogP contribution in [0.5, 0.6) is 0 Å². The van der Waals surface area contributed by atoms with Crippen LogP contribution in [-0.2, 0) is 31.6 Å². The minimum Gasteiger partial charge on any atom is -0.400 e. The Balaban J connectivity index is -0.00000116. The summed E-state index contributed by atoms with van der Waals surface area (Å²) >= 11 is 0. The topological polar surface area (TPSA) is 250 Å². The van der Waals surface area contributed by atoms with Gasteiger partial charge >= 0.3 is 29.2 Å². The molecule has 1 aliphatic rings. The second-order valence-corrected chi connectivity index (χ2v) is 9.64. The lowest BCUT2D eigenvalue weighted by atomic mass is 10.2. The van der Waals surface area contributed by atoms with Crippen LogP contribution in [0.3, 0.4) is 0 Å². The van der Waals surface area contributed by atoms with Gasteiger partial charge in [0.1, 0.15) is 12.0 Å². The lowest BCUT2D eigenvalue weighted by molar-refractivity contribution is -0.0242. The second-order valence-electron chi connectivity index (χ2n) is 5.22. The molecular weight excluding hydrogens is 535 g/mol. The summed E-state index contributed by atoms with van der Waals surface area (Å²) in [6.07, 6.45) is 0.456. The van der Waals surface area contributed by atoms with Gasteiger partial charge in [-0.1, -0.05) is 41.5 Å². The zero-order chi connectivity index (χ0) is 28.5.